The van der Waals surface area contributed by atoms with Gasteiger partial charge in [-0.3, -0.25) is 19.8 Å². The van der Waals surface area contributed by atoms with Gasteiger partial charge in [0.1, 0.15) is 12.6 Å². The van der Waals surface area contributed by atoms with Gasteiger partial charge in [-0.05, 0) is 25.2 Å². The van der Waals surface area contributed by atoms with Crippen molar-refractivity contribution in [2.75, 3.05) is 6.54 Å². The predicted molar refractivity (Wildman–Crippen MR) is 87.0 cm³/mol. The minimum absolute atomic E-state index is 0.0821. The first-order chi connectivity index (χ1) is 11.4. The second-order valence-electron chi connectivity index (χ2n) is 6.91. The molecule has 2 fully saturated rings. The molecule has 2 rings (SSSR count). The van der Waals surface area contributed by atoms with Gasteiger partial charge in [-0.15, -0.1) is 0 Å². The number of carbonyl (C=O) groups excluding carboxylic acids is 4. The number of hydrogen-bond acceptors (Lipinski definition) is 4. The highest BCUT2D eigenvalue weighted by molar-refractivity contribution is 6.07. The molecule has 0 aromatic heterocycles. The molecule has 6 amide bonds. The Hall–Kier alpha value is -2.12. The summed E-state index contributed by atoms with van der Waals surface area (Å²) in [5, 5.41) is 7.51. The van der Waals surface area contributed by atoms with Crippen molar-refractivity contribution in [2.24, 2.45) is 5.92 Å². The van der Waals surface area contributed by atoms with Crippen molar-refractivity contribution in [1.29, 1.82) is 0 Å². The van der Waals surface area contributed by atoms with Gasteiger partial charge in [-0.2, -0.15) is 0 Å². The first kappa shape index (κ1) is 18.2. The Morgan fingerprint density at radius 2 is 1.88 bits per heavy atom. The van der Waals surface area contributed by atoms with Crippen LogP contribution in [-0.2, 0) is 9.59 Å². The smallest absolute Gasteiger partial charge is 0.325 e. The zero-order chi connectivity index (χ0) is 17.7. The molecule has 2 aliphatic rings. The van der Waals surface area contributed by atoms with Gasteiger partial charge in [-0.1, -0.05) is 33.1 Å². The molecule has 1 heterocycles. The topological polar surface area (TPSA) is 108 Å². The van der Waals surface area contributed by atoms with Gasteiger partial charge in [0.05, 0.1) is 0 Å². The molecule has 0 aromatic carbocycles. The summed E-state index contributed by atoms with van der Waals surface area (Å²) in [4.78, 5) is 48.6. The van der Waals surface area contributed by atoms with Crippen LogP contribution in [0.1, 0.15) is 52.4 Å². The highest BCUT2D eigenvalue weighted by Crippen LogP contribution is 2.17. The van der Waals surface area contributed by atoms with Crippen molar-refractivity contribution in [3.63, 3.8) is 0 Å². The number of rotatable bonds is 5. The number of imide groups is 2. The summed E-state index contributed by atoms with van der Waals surface area (Å²) in [5.41, 5.74) is 0. The molecular formula is C16H26N4O4. The third kappa shape index (κ3) is 4.94. The van der Waals surface area contributed by atoms with Crippen LogP contribution in [0.15, 0.2) is 0 Å². The van der Waals surface area contributed by atoms with E-state index in [2.05, 4.69) is 16.0 Å². The van der Waals surface area contributed by atoms with Gasteiger partial charge in [0, 0.05) is 6.04 Å². The molecule has 1 aliphatic carbocycles. The molecule has 0 bridgehead atoms. The highest BCUT2D eigenvalue weighted by Gasteiger charge is 2.39. The highest BCUT2D eigenvalue weighted by atomic mass is 16.2. The summed E-state index contributed by atoms with van der Waals surface area (Å²) in [6.45, 7) is 3.45. The van der Waals surface area contributed by atoms with Crippen LogP contribution in [0.3, 0.4) is 0 Å². The maximum atomic E-state index is 12.2. The first-order valence-corrected chi connectivity index (χ1v) is 8.59. The van der Waals surface area contributed by atoms with Crippen molar-refractivity contribution in [2.45, 2.75) is 64.5 Å². The van der Waals surface area contributed by atoms with E-state index in [-0.39, 0.29) is 12.0 Å². The molecule has 1 aliphatic heterocycles. The second-order valence-corrected chi connectivity index (χ2v) is 6.91. The molecule has 8 nitrogen and oxygen atoms in total. The van der Waals surface area contributed by atoms with Gasteiger partial charge < -0.3 is 10.6 Å². The lowest BCUT2D eigenvalue weighted by Crippen LogP contribution is -2.49. The molecule has 0 spiro atoms. The van der Waals surface area contributed by atoms with E-state index in [1.54, 1.807) is 0 Å². The SMILES string of the molecule is CC(C)C[C@@H]1NC(=O)N(CC(=O)NC(=O)NC2CCCCC2)C1=O. The third-order valence-electron chi connectivity index (χ3n) is 4.31. The zero-order valence-electron chi connectivity index (χ0n) is 14.3. The number of urea groups is 2. The number of hydrogen-bond donors (Lipinski definition) is 3. The van der Waals surface area contributed by atoms with Crippen molar-refractivity contribution >= 4 is 23.9 Å². The fraction of sp³-hybridized carbons (Fsp3) is 0.750. The van der Waals surface area contributed by atoms with E-state index in [1.807, 2.05) is 13.8 Å². The Bertz CT molecular complexity index is 514. The van der Waals surface area contributed by atoms with Crippen LogP contribution in [0.5, 0.6) is 0 Å². The zero-order valence-corrected chi connectivity index (χ0v) is 14.3. The fourth-order valence-corrected chi connectivity index (χ4v) is 3.14. The van der Waals surface area contributed by atoms with E-state index in [9.17, 15) is 19.2 Å². The van der Waals surface area contributed by atoms with Crippen LogP contribution in [0.2, 0.25) is 0 Å². The Morgan fingerprint density at radius 3 is 2.50 bits per heavy atom. The predicted octanol–water partition coefficient (Wildman–Crippen LogP) is 1.11. The first-order valence-electron chi connectivity index (χ1n) is 8.59. The summed E-state index contributed by atoms with van der Waals surface area (Å²) < 4.78 is 0. The summed E-state index contributed by atoms with van der Waals surface area (Å²) in [5.74, 6) is -0.845. The monoisotopic (exact) mass is 338 g/mol. The average Bonchev–Trinajstić information content (AvgIpc) is 2.75. The van der Waals surface area contributed by atoms with E-state index < -0.39 is 36.5 Å². The van der Waals surface area contributed by atoms with Crippen LogP contribution in [0.4, 0.5) is 9.59 Å². The number of carbonyl (C=O) groups is 4. The lowest BCUT2D eigenvalue weighted by Gasteiger charge is -2.22. The lowest BCUT2D eigenvalue weighted by molar-refractivity contribution is -0.132. The summed E-state index contributed by atoms with van der Waals surface area (Å²) in [6, 6.07) is -1.67. The molecule has 134 valence electrons. The minimum atomic E-state index is -0.669. The Kier molecular flexibility index (Phi) is 6.16. The molecule has 1 saturated carbocycles. The normalized spacial score (nSPS) is 21.8. The van der Waals surface area contributed by atoms with Crippen LogP contribution >= 0.6 is 0 Å². The second kappa shape index (κ2) is 8.12. The van der Waals surface area contributed by atoms with E-state index in [4.69, 9.17) is 0 Å². The Balaban J connectivity index is 1.79. The van der Waals surface area contributed by atoms with Crippen LogP contribution in [0, 0.1) is 5.92 Å². The number of nitrogens with one attached hydrogen (secondary N) is 3. The van der Waals surface area contributed by atoms with Crippen LogP contribution in [-0.4, -0.2) is 47.4 Å². The molecular weight excluding hydrogens is 312 g/mol. The molecule has 24 heavy (non-hydrogen) atoms. The van der Waals surface area contributed by atoms with Crippen LogP contribution in [0.25, 0.3) is 0 Å². The maximum Gasteiger partial charge on any atom is 0.325 e. The van der Waals surface area contributed by atoms with E-state index >= 15 is 0 Å². The summed E-state index contributed by atoms with van der Waals surface area (Å²) >= 11 is 0. The number of nitrogens with zero attached hydrogens (tertiary/aromatic N) is 1. The minimum Gasteiger partial charge on any atom is -0.335 e. The van der Waals surface area contributed by atoms with Crippen molar-refractivity contribution < 1.29 is 19.2 Å². The summed E-state index contributed by atoms with van der Waals surface area (Å²) in [7, 11) is 0. The third-order valence-corrected chi connectivity index (χ3v) is 4.31. The van der Waals surface area contributed by atoms with Gasteiger partial charge in [0.25, 0.3) is 5.91 Å². The van der Waals surface area contributed by atoms with Crippen LogP contribution < -0.4 is 16.0 Å². The van der Waals surface area contributed by atoms with Gasteiger partial charge in [0.2, 0.25) is 5.91 Å². The molecule has 0 radical (unpaired) electrons. The molecule has 3 N–H and O–H groups in total. The molecule has 0 unspecified atom stereocenters. The Labute approximate surface area is 141 Å². The van der Waals surface area contributed by atoms with Gasteiger partial charge in [0.15, 0.2) is 0 Å². The van der Waals surface area contributed by atoms with Crippen molar-refractivity contribution in [3.05, 3.63) is 0 Å². The van der Waals surface area contributed by atoms with E-state index in [0.29, 0.717) is 6.42 Å². The van der Waals surface area contributed by atoms with Crippen molar-refractivity contribution in [3.8, 4) is 0 Å². The van der Waals surface area contributed by atoms with Gasteiger partial charge >= 0.3 is 12.1 Å². The lowest BCUT2D eigenvalue weighted by atomic mass is 9.96. The van der Waals surface area contributed by atoms with E-state index in [0.717, 1.165) is 30.6 Å². The molecule has 8 heteroatoms. The largest absolute Gasteiger partial charge is 0.335 e. The molecule has 0 aromatic rings. The quantitative estimate of drug-likeness (QED) is 0.653. The molecule has 1 atom stereocenters. The Morgan fingerprint density at radius 1 is 1.21 bits per heavy atom. The fourth-order valence-electron chi connectivity index (χ4n) is 3.14. The maximum absolute atomic E-state index is 12.2. The van der Waals surface area contributed by atoms with Crippen molar-refractivity contribution in [1.82, 2.24) is 20.9 Å². The average molecular weight is 338 g/mol. The molecule has 1 saturated heterocycles. The van der Waals surface area contributed by atoms with Gasteiger partial charge in [-0.25, -0.2) is 9.59 Å². The standard InChI is InChI=1S/C16H26N4O4/c1-10(2)8-12-14(22)20(16(24)18-12)9-13(21)19-15(23)17-11-6-4-3-5-7-11/h10-12H,3-9H2,1-2H3,(H,18,24)(H2,17,19,21,23)/t12-/m0/s1. The summed E-state index contributed by atoms with van der Waals surface area (Å²) in [6.07, 6.45) is 5.64. The number of amides is 6. The van der Waals surface area contributed by atoms with E-state index in [1.165, 1.54) is 6.42 Å².